The van der Waals surface area contributed by atoms with Gasteiger partial charge in [-0.15, -0.1) is 0 Å². The van der Waals surface area contributed by atoms with E-state index in [4.69, 9.17) is 8.83 Å². The average Bonchev–Trinajstić information content (AvgIpc) is 4.01. The Labute approximate surface area is 339 Å². The quantitative estimate of drug-likeness (QED) is 0.175. The molecule has 0 unspecified atom stereocenters. The Morgan fingerprint density at radius 1 is 0.441 bits per heavy atom. The minimum Gasteiger partial charge on any atom is -0.456 e. The van der Waals surface area contributed by atoms with Crippen LogP contribution in [-0.4, -0.2) is 9.13 Å². The average molecular weight is 757 g/mol. The molecule has 0 saturated heterocycles. The first-order valence-corrected chi connectivity index (χ1v) is 20.0. The lowest BCUT2D eigenvalue weighted by atomic mass is 10.0. The summed E-state index contributed by atoms with van der Waals surface area (Å²) in [7, 11) is 0. The maximum atomic E-state index is 6.73. The van der Waals surface area contributed by atoms with Crippen molar-refractivity contribution in [3.8, 4) is 33.6 Å². The number of rotatable bonds is 5. The van der Waals surface area contributed by atoms with Crippen LogP contribution in [0.5, 0.6) is 0 Å². The number of nitrogens with zero attached hydrogens (tertiary/aromatic N) is 2. The van der Waals surface area contributed by atoms with Crippen LogP contribution in [0.2, 0.25) is 0 Å². The second kappa shape index (κ2) is 12.9. The van der Waals surface area contributed by atoms with Gasteiger partial charge in [-0.25, -0.2) is 0 Å². The predicted molar refractivity (Wildman–Crippen MR) is 245 cm³/mol. The summed E-state index contributed by atoms with van der Waals surface area (Å²) in [4.78, 5) is 0. The number of para-hydroxylation sites is 5. The van der Waals surface area contributed by atoms with Gasteiger partial charge in [0.05, 0.1) is 22.1 Å². The van der Waals surface area contributed by atoms with Gasteiger partial charge in [0.1, 0.15) is 22.3 Å². The van der Waals surface area contributed by atoms with E-state index in [1.807, 2.05) is 6.08 Å². The number of aromatic nitrogens is 2. The molecule has 0 aliphatic heterocycles. The molecule has 4 nitrogen and oxygen atoms in total. The molecule has 0 amide bonds. The Hall–Kier alpha value is -7.82. The van der Waals surface area contributed by atoms with E-state index in [1.165, 1.54) is 43.6 Å². The van der Waals surface area contributed by atoms with E-state index >= 15 is 0 Å². The van der Waals surface area contributed by atoms with Crippen molar-refractivity contribution < 1.29 is 8.83 Å². The Balaban J connectivity index is 0.946. The molecule has 8 aromatic carbocycles. The third kappa shape index (κ3) is 5.10. The summed E-state index contributed by atoms with van der Waals surface area (Å²) in [6.45, 7) is 6.62. The number of furan rings is 2. The Morgan fingerprint density at radius 2 is 0.949 bits per heavy atom. The topological polar surface area (TPSA) is 36.1 Å². The van der Waals surface area contributed by atoms with Gasteiger partial charge >= 0.3 is 0 Å². The fourth-order valence-corrected chi connectivity index (χ4v) is 9.21. The third-order valence-corrected chi connectivity index (χ3v) is 12.1. The summed E-state index contributed by atoms with van der Waals surface area (Å²) >= 11 is 0. The van der Waals surface area contributed by atoms with Gasteiger partial charge in [-0.2, -0.15) is 0 Å². The number of fused-ring (bicyclic) bond motifs is 8. The highest BCUT2D eigenvalue weighted by atomic mass is 16.3. The summed E-state index contributed by atoms with van der Waals surface area (Å²) in [5.74, 6) is 0.763. The van der Waals surface area contributed by atoms with E-state index in [9.17, 15) is 0 Å². The zero-order valence-electron chi connectivity index (χ0n) is 32.3. The molecule has 0 aliphatic rings. The minimum atomic E-state index is 0.692. The molecule has 0 aliphatic carbocycles. The van der Waals surface area contributed by atoms with Crippen molar-refractivity contribution in [1.29, 1.82) is 0 Å². The van der Waals surface area contributed by atoms with Crippen LogP contribution in [0.4, 0.5) is 0 Å². The molecule has 4 aromatic heterocycles. The van der Waals surface area contributed by atoms with Crippen molar-refractivity contribution in [1.82, 2.24) is 9.13 Å². The van der Waals surface area contributed by atoms with Crippen LogP contribution in [0, 0.1) is 6.92 Å². The number of hydrogen-bond donors (Lipinski definition) is 0. The van der Waals surface area contributed by atoms with Crippen molar-refractivity contribution in [3.63, 3.8) is 0 Å². The van der Waals surface area contributed by atoms with E-state index in [0.29, 0.717) is 5.42 Å². The normalized spacial score (nSPS) is 12.3. The van der Waals surface area contributed by atoms with Crippen LogP contribution < -0.4 is 10.6 Å². The Kier molecular flexibility index (Phi) is 7.26. The van der Waals surface area contributed by atoms with Crippen molar-refractivity contribution in [2.45, 2.75) is 6.92 Å². The van der Waals surface area contributed by atoms with Gasteiger partial charge in [-0.05, 0) is 96.4 Å². The summed E-state index contributed by atoms with van der Waals surface area (Å²) in [6.07, 6.45) is 2.00. The molecule has 0 spiro atoms. The summed E-state index contributed by atoms with van der Waals surface area (Å²) in [5, 5.41) is 7.78. The fraction of sp³-hybridized carbons (Fsp3) is 0.0182. The SMILES string of the molecule is C=c1/c(=C\c2oc3ccc(-c4ccc5c(c4)c4ccccc4n5-c4ccccc4)cc3c2C)oc2c(-c3ccc4c(c3)c3ccccc3n4-c3ccccc3)cccc12. The molecule has 0 fully saturated rings. The van der Waals surface area contributed by atoms with E-state index < -0.39 is 0 Å². The smallest absolute Gasteiger partial charge is 0.143 e. The maximum absolute atomic E-state index is 6.73. The van der Waals surface area contributed by atoms with Gasteiger partial charge in [0, 0.05) is 66.1 Å². The van der Waals surface area contributed by atoms with Crippen molar-refractivity contribution in [2.24, 2.45) is 0 Å². The molecule has 12 aromatic rings. The monoisotopic (exact) mass is 756 g/mol. The molecule has 0 N–H and O–H groups in total. The fourth-order valence-electron chi connectivity index (χ4n) is 9.21. The number of hydrogen-bond acceptors (Lipinski definition) is 2. The third-order valence-electron chi connectivity index (χ3n) is 12.1. The lowest BCUT2D eigenvalue weighted by molar-refractivity contribution is 0.566. The molecule has 0 radical (unpaired) electrons. The molecule has 278 valence electrons. The summed E-state index contributed by atoms with van der Waals surface area (Å²) in [5.41, 5.74) is 14.9. The van der Waals surface area contributed by atoms with E-state index in [1.54, 1.807) is 0 Å². The van der Waals surface area contributed by atoms with E-state index in [2.05, 4.69) is 205 Å². The largest absolute Gasteiger partial charge is 0.456 e. The van der Waals surface area contributed by atoms with Gasteiger partial charge in [0.25, 0.3) is 0 Å². The molecule has 59 heavy (non-hydrogen) atoms. The molecule has 0 atom stereocenters. The zero-order valence-corrected chi connectivity index (χ0v) is 32.3. The van der Waals surface area contributed by atoms with Gasteiger partial charge in [0.15, 0.2) is 0 Å². The van der Waals surface area contributed by atoms with Crippen molar-refractivity contribution in [2.75, 3.05) is 0 Å². The highest BCUT2D eigenvalue weighted by molar-refractivity contribution is 6.12. The lowest BCUT2D eigenvalue weighted by Gasteiger charge is -2.08. The van der Waals surface area contributed by atoms with Crippen molar-refractivity contribution in [3.05, 3.63) is 204 Å². The molecule has 0 bridgehead atoms. The first-order chi connectivity index (χ1) is 29.1. The first-order valence-electron chi connectivity index (χ1n) is 20.0. The second-order valence-electron chi connectivity index (χ2n) is 15.4. The molecular weight excluding hydrogens is 721 g/mol. The van der Waals surface area contributed by atoms with Gasteiger partial charge < -0.3 is 18.0 Å². The number of aryl methyl sites for hydroxylation is 1. The molecule has 0 saturated carbocycles. The first kappa shape index (κ1) is 33.3. The van der Waals surface area contributed by atoms with Crippen molar-refractivity contribution >= 4 is 78.2 Å². The summed E-state index contributed by atoms with van der Waals surface area (Å²) < 4.78 is 17.9. The second-order valence-corrected chi connectivity index (χ2v) is 15.4. The van der Waals surface area contributed by atoms with E-state index in [-0.39, 0.29) is 0 Å². The highest BCUT2D eigenvalue weighted by Gasteiger charge is 2.18. The number of benzene rings is 8. The van der Waals surface area contributed by atoms with E-state index in [0.717, 1.165) is 72.1 Å². The van der Waals surface area contributed by atoms with Crippen LogP contribution in [0.1, 0.15) is 11.3 Å². The summed E-state index contributed by atoms with van der Waals surface area (Å²) in [6, 6.07) is 64.7. The van der Waals surface area contributed by atoms with Crippen LogP contribution in [0.3, 0.4) is 0 Å². The predicted octanol–water partition coefficient (Wildman–Crippen LogP) is 13.3. The van der Waals surface area contributed by atoms with Crippen LogP contribution in [0.25, 0.3) is 112 Å². The molecular formula is C55H36N2O2. The zero-order chi connectivity index (χ0) is 39.2. The maximum Gasteiger partial charge on any atom is 0.143 e. The van der Waals surface area contributed by atoms with Gasteiger partial charge in [-0.1, -0.05) is 116 Å². The lowest BCUT2D eigenvalue weighted by Crippen LogP contribution is -2.17. The molecule has 4 heteroatoms. The van der Waals surface area contributed by atoms with Gasteiger partial charge in [0.2, 0.25) is 0 Å². The molecule has 12 rings (SSSR count). The minimum absolute atomic E-state index is 0.692. The molecule has 4 heterocycles. The van der Waals surface area contributed by atoms with Gasteiger partial charge in [-0.3, -0.25) is 0 Å². The highest BCUT2D eigenvalue weighted by Crippen LogP contribution is 2.38. The van der Waals surface area contributed by atoms with Crippen LogP contribution in [0.15, 0.2) is 191 Å². The Morgan fingerprint density at radius 3 is 1.59 bits per heavy atom. The Bertz CT molecular complexity index is 3750. The van der Waals surface area contributed by atoms with Crippen LogP contribution in [-0.2, 0) is 0 Å². The standard InChI is InChI=1S/C55H36N2O2/c1-34-41-20-13-21-42(38-25-28-51-47(32-38)44-19-10-12-23-49(44)57(51)40-16-7-4-8-17-40)55(41)59-54(34)33-53-35(2)45-30-37(26-29-52(45)58-53)36-24-27-50-46(31-36)43-18-9-11-22-48(43)56(50)39-14-5-3-6-15-39/h3-33H,1H2,2H3/b54-33+. The van der Waals surface area contributed by atoms with Crippen LogP contribution >= 0.6 is 0 Å².